The lowest BCUT2D eigenvalue weighted by Crippen LogP contribution is -2.51. The van der Waals surface area contributed by atoms with Crippen molar-refractivity contribution in [3.8, 4) is 11.5 Å². The number of hydrogen-bond donors (Lipinski definition) is 1. The fourth-order valence-electron chi connectivity index (χ4n) is 4.16. The molecule has 1 N–H and O–H groups in total. The van der Waals surface area contributed by atoms with Gasteiger partial charge in [0.05, 0.1) is 24.3 Å². The highest BCUT2D eigenvalue weighted by molar-refractivity contribution is 7.92. The van der Waals surface area contributed by atoms with E-state index in [2.05, 4.69) is 5.32 Å². The first-order valence-corrected chi connectivity index (χ1v) is 14.6. The van der Waals surface area contributed by atoms with Crippen LogP contribution in [0, 0.1) is 6.92 Å². The fourth-order valence-corrected chi connectivity index (χ4v) is 5.59. The van der Waals surface area contributed by atoms with E-state index in [1.807, 2.05) is 13.0 Å². The van der Waals surface area contributed by atoms with Crippen LogP contribution in [0.5, 0.6) is 11.5 Å². The number of sulfonamides is 1. The van der Waals surface area contributed by atoms with Gasteiger partial charge < -0.3 is 19.7 Å². The number of aryl methyl sites for hydroxylation is 1. The molecule has 0 fully saturated rings. The van der Waals surface area contributed by atoms with Crippen molar-refractivity contribution in [3.05, 3.63) is 83.9 Å². The number of rotatable bonds is 13. The first-order valence-electron chi connectivity index (χ1n) is 13.1. The fraction of sp³-hybridized carbons (Fsp3) is 0.333. The summed E-state index contributed by atoms with van der Waals surface area (Å²) in [6.07, 6.45) is 0. The largest absolute Gasteiger partial charge is 0.497 e. The molecular formula is C30H37N3O6S. The summed E-state index contributed by atoms with van der Waals surface area (Å²) >= 11 is 0. The Morgan fingerprint density at radius 2 is 1.68 bits per heavy atom. The van der Waals surface area contributed by atoms with Crippen molar-refractivity contribution in [1.29, 1.82) is 0 Å². The van der Waals surface area contributed by atoms with Gasteiger partial charge in [0.25, 0.3) is 10.0 Å². The predicted molar refractivity (Wildman–Crippen MR) is 155 cm³/mol. The van der Waals surface area contributed by atoms with Gasteiger partial charge in [-0.1, -0.05) is 42.0 Å². The first-order chi connectivity index (χ1) is 19.1. The summed E-state index contributed by atoms with van der Waals surface area (Å²) in [5, 5.41) is 2.75. The molecule has 3 aromatic rings. The Balaban J connectivity index is 2.08. The second-order valence-electron chi connectivity index (χ2n) is 9.17. The number of benzene rings is 3. The summed E-state index contributed by atoms with van der Waals surface area (Å²) in [7, 11) is -2.65. The zero-order valence-electron chi connectivity index (χ0n) is 23.6. The van der Waals surface area contributed by atoms with Crippen LogP contribution >= 0.6 is 0 Å². The molecule has 0 saturated carbocycles. The third-order valence-corrected chi connectivity index (χ3v) is 8.10. The number of hydrogen-bond acceptors (Lipinski definition) is 6. The average Bonchev–Trinajstić information content (AvgIpc) is 2.95. The van der Waals surface area contributed by atoms with Gasteiger partial charge in [-0.25, -0.2) is 8.42 Å². The molecule has 10 heteroatoms. The molecule has 3 aromatic carbocycles. The van der Waals surface area contributed by atoms with E-state index in [4.69, 9.17) is 9.47 Å². The Kier molecular flexibility index (Phi) is 10.6. The molecule has 0 radical (unpaired) electrons. The van der Waals surface area contributed by atoms with Crippen LogP contribution in [0.15, 0.2) is 77.7 Å². The number of carbonyl (C=O) groups excluding carboxylic acids is 2. The molecule has 1 atom stereocenters. The molecule has 0 aromatic heterocycles. The van der Waals surface area contributed by atoms with Crippen molar-refractivity contribution in [3.63, 3.8) is 0 Å². The van der Waals surface area contributed by atoms with E-state index in [-0.39, 0.29) is 23.0 Å². The van der Waals surface area contributed by atoms with Gasteiger partial charge in [0.15, 0.2) is 0 Å². The van der Waals surface area contributed by atoms with Crippen LogP contribution in [-0.4, -0.2) is 58.0 Å². The monoisotopic (exact) mass is 567 g/mol. The summed E-state index contributed by atoms with van der Waals surface area (Å²) in [6.45, 7) is 7.29. The van der Waals surface area contributed by atoms with Gasteiger partial charge in [0, 0.05) is 13.1 Å². The minimum atomic E-state index is -4.19. The summed E-state index contributed by atoms with van der Waals surface area (Å²) in [5.41, 5.74) is 1.85. The van der Waals surface area contributed by atoms with Crippen LogP contribution < -0.4 is 19.1 Å². The number of nitrogens with zero attached hydrogens (tertiary/aromatic N) is 2. The number of likely N-dealkylation sites (N-methyl/N-ethyl adjacent to an activating group) is 1. The van der Waals surface area contributed by atoms with Crippen LogP contribution in [-0.2, 0) is 26.2 Å². The van der Waals surface area contributed by atoms with Crippen LogP contribution in [0.1, 0.15) is 31.9 Å². The van der Waals surface area contributed by atoms with Crippen molar-refractivity contribution >= 4 is 27.5 Å². The summed E-state index contributed by atoms with van der Waals surface area (Å²) in [4.78, 5) is 28.3. The smallest absolute Gasteiger partial charge is 0.264 e. The molecule has 40 heavy (non-hydrogen) atoms. The number of methoxy groups -OCH3 is 1. The Morgan fingerprint density at radius 1 is 0.975 bits per heavy atom. The van der Waals surface area contributed by atoms with Crippen molar-refractivity contribution in [2.24, 2.45) is 0 Å². The third-order valence-electron chi connectivity index (χ3n) is 6.33. The molecule has 0 bridgehead atoms. The summed E-state index contributed by atoms with van der Waals surface area (Å²) < 4.78 is 40.1. The second-order valence-corrected chi connectivity index (χ2v) is 11.0. The lowest BCUT2D eigenvalue weighted by Gasteiger charge is -2.32. The Labute approximate surface area is 236 Å². The van der Waals surface area contributed by atoms with Crippen molar-refractivity contribution in [2.75, 3.05) is 31.1 Å². The van der Waals surface area contributed by atoms with Crippen molar-refractivity contribution in [1.82, 2.24) is 10.2 Å². The van der Waals surface area contributed by atoms with E-state index in [0.717, 1.165) is 15.4 Å². The van der Waals surface area contributed by atoms with Gasteiger partial charge >= 0.3 is 0 Å². The van der Waals surface area contributed by atoms with Gasteiger partial charge in [-0.15, -0.1) is 0 Å². The van der Waals surface area contributed by atoms with Crippen LogP contribution in [0.2, 0.25) is 0 Å². The normalized spacial score (nSPS) is 11.8. The Morgan fingerprint density at radius 3 is 2.33 bits per heavy atom. The second kappa shape index (κ2) is 13.8. The molecule has 3 rings (SSSR count). The van der Waals surface area contributed by atoms with Crippen molar-refractivity contribution in [2.45, 2.75) is 45.2 Å². The number of para-hydroxylation sites is 2. The van der Waals surface area contributed by atoms with E-state index in [1.54, 1.807) is 82.5 Å². The van der Waals surface area contributed by atoms with Crippen molar-refractivity contribution < 1.29 is 27.5 Å². The maximum absolute atomic E-state index is 14.0. The van der Waals surface area contributed by atoms with Gasteiger partial charge in [0.1, 0.15) is 24.1 Å². The maximum Gasteiger partial charge on any atom is 0.264 e. The highest BCUT2D eigenvalue weighted by Crippen LogP contribution is 2.33. The maximum atomic E-state index is 14.0. The molecular weight excluding hydrogens is 530 g/mol. The molecule has 214 valence electrons. The SMILES string of the molecule is CCNC(=O)C(C)N(Cc1cccc(OC)c1)C(=O)CN(c1ccccc1OCC)S(=O)(=O)c1ccc(C)cc1. The number of anilines is 1. The minimum absolute atomic E-state index is 0.0355. The molecule has 0 aliphatic heterocycles. The summed E-state index contributed by atoms with van der Waals surface area (Å²) in [6, 6.07) is 19.4. The highest BCUT2D eigenvalue weighted by Gasteiger charge is 2.33. The molecule has 2 amide bonds. The lowest BCUT2D eigenvalue weighted by atomic mass is 10.1. The molecule has 0 saturated heterocycles. The van der Waals surface area contributed by atoms with E-state index in [1.165, 1.54) is 17.0 Å². The van der Waals surface area contributed by atoms with Gasteiger partial charge in [-0.05, 0) is 69.7 Å². The Hall–Kier alpha value is -4.05. The van der Waals surface area contributed by atoms with Crippen LogP contribution in [0.3, 0.4) is 0 Å². The topological polar surface area (TPSA) is 105 Å². The molecule has 0 aliphatic carbocycles. The molecule has 1 unspecified atom stereocenters. The van der Waals surface area contributed by atoms with E-state index in [0.29, 0.717) is 24.7 Å². The van der Waals surface area contributed by atoms with Crippen LogP contribution in [0.4, 0.5) is 5.69 Å². The average molecular weight is 568 g/mol. The molecule has 0 aliphatic rings. The number of carbonyl (C=O) groups is 2. The standard InChI is InChI=1S/C30H37N3O6S/c1-6-31-30(35)23(4)32(20-24-11-10-12-25(19-24)38-5)29(34)21-33(27-13-8-9-14-28(27)39-7-2)40(36,37)26-17-15-22(3)16-18-26/h8-19,23H,6-7,20-21H2,1-5H3,(H,31,35). The zero-order chi connectivity index (χ0) is 29.3. The van der Waals surface area contributed by atoms with Gasteiger partial charge in [-0.2, -0.15) is 0 Å². The molecule has 0 heterocycles. The lowest BCUT2D eigenvalue weighted by molar-refractivity contribution is -0.139. The van der Waals surface area contributed by atoms with E-state index in [9.17, 15) is 18.0 Å². The van der Waals surface area contributed by atoms with Gasteiger partial charge in [-0.3, -0.25) is 13.9 Å². The zero-order valence-corrected chi connectivity index (χ0v) is 24.4. The predicted octanol–water partition coefficient (Wildman–Crippen LogP) is 4.15. The summed E-state index contributed by atoms with van der Waals surface area (Å²) in [5.74, 6) is 0.0272. The molecule has 9 nitrogen and oxygen atoms in total. The van der Waals surface area contributed by atoms with Crippen LogP contribution in [0.25, 0.3) is 0 Å². The van der Waals surface area contributed by atoms with Gasteiger partial charge in [0.2, 0.25) is 11.8 Å². The third kappa shape index (κ3) is 7.32. The minimum Gasteiger partial charge on any atom is -0.497 e. The number of ether oxygens (including phenoxy) is 2. The number of amides is 2. The Bertz CT molecular complexity index is 1410. The van der Waals surface area contributed by atoms with E-state index < -0.39 is 28.5 Å². The first kappa shape index (κ1) is 30.5. The quantitative estimate of drug-likeness (QED) is 0.333. The highest BCUT2D eigenvalue weighted by atomic mass is 32.2. The number of nitrogens with one attached hydrogen (secondary N) is 1. The van der Waals surface area contributed by atoms with E-state index >= 15 is 0 Å². The molecule has 0 spiro atoms.